The molecule has 1 saturated carbocycles. The molecule has 4 rings (SSSR count). The standard InChI is InChI=1S/C23H32N2O2/c1-17-5-3-7-20(15-17)23(10-11-23)22(27)24-13-8-19(9-14-24)21(26)25-12-4-6-18(2)16-25/h3,5,7,15,18-19H,4,6,8-14,16H2,1-2H3. The van der Waals surface area contributed by atoms with Gasteiger partial charge in [-0.25, -0.2) is 0 Å². The average molecular weight is 369 g/mol. The van der Waals surface area contributed by atoms with Crippen LogP contribution in [0.25, 0.3) is 0 Å². The fraction of sp³-hybridized carbons (Fsp3) is 0.652. The van der Waals surface area contributed by atoms with Gasteiger partial charge < -0.3 is 9.80 Å². The minimum atomic E-state index is -0.287. The van der Waals surface area contributed by atoms with Gasteiger partial charge in [-0.2, -0.15) is 0 Å². The third kappa shape index (κ3) is 3.63. The molecule has 1 aromatic rings. The molecule has 0 bridgehead atoms. The smallest absolute Gasteiger partial charge is 0.233 e. The van der Waals surface area contributed by atoms with Gasteiger partial charge in [-0.1, -0.05) is 36.8 Å². The van der Waals surface area contributed by atoms with E-state index in [1.807, 2.05) is 4.90 Å². The molecular weight excluding hydrogens is 336 g/mol. The number of likely N-dealkylation sites (tertiary alicyclic amines) is 2. The molecule has 0 aromatic heterocycles. The van der Waals surface area contributed by atoms with E-state index in [1.165, 1.54) is 17.5 Å². The van der Waals surface area contributed by atoms with Crippen LogP contribution in [0.15, 0.2) is 24.3 Å². The summed E-state index contributed by atoms with van der Waals surface area (Å²) in [6.07, 6.45) is 5.92. The second kappa shape index (κ2) is 7.29. The molecule has 4 nitrogen and oxygen atoms in total. The van der Waals surface area contributed by atoms with Crippen molar-refractivity contribution in [2.75, 3.05) is 26.2 Å². The Hall–Kier alpha value is -1.84. The van der Waals surface area contributed by atoms with E-state index in [4.69, 9.17) is 0 Å². The molecule has 0 spiro atoms. The molecule has 1 aliphatic carbocycles. The predicted octanol–water partition coefficient (Wildman–Crippen LogP) is 3.52. The molecule has 3 aliphatic rings. The highest BCUT2D eigenvalue weighted by atomic mass is 16.2. The Morgan fingerprint density at radius 1 is 1.04 bits per heavy atom. The summed E-state index contributed by atoms with van der Waals surface area (Å²) in [4.78, 5) is 30.2. The number of hydrogen-bond donors (Lipinski definition) is 0. The van der Waals surface area contributed by atoms with Gasteiger partial charge in [-0.05, 0) is 56.9 Å². The molecule has 2 amide bonds. The number of nitrogens with zero attached hydrogens (tertiary/aromatic N) is 2. The summed E-state index contributed by atoms with van der Waals surface area (Å²) in [5, 5.41) is 0. The fourth-order valence-electron chi connectivity index (χ4n) is 4.97. The molecule has 2 heterocycles. The van der Waals surface area contributed by atoms with Gasteiger partial charge in [0, 0.05) is 32.1 Å². The van der Waals surface area contributed by atoms with Gasteiger partial charge in [-0.3, -0.25) is 9.59 Å². The van der Waals surface area contributed by atoms with Gasteiger partial charge in [0.2, 0.25) is 11.8 Å². The van der Waals surface area contributed by atoms with Crippen LogP contribution < -0.4 is 0 Å². The quantitative estimate of drug-likeness (QED) is 0.819. The summed E-state index contributed by atoms with van der Waals surface area (Å²) in [6, 6.07) is 8.41. The Morgan fingerprint density at radius 3 is 2.41 bits per heavy atom. The number of aryl methyl sites for hydroxylation is 1. The number of carbonyl (C=O) groups excluding carboxylic acids is 2. The summed E-state index contributed by atoms with van der Waals surface area (Å²) in [5.41, 5.74) is 2.10. The largest absolute Gasteiger partial charge is 0.342 e. The second-order valence-corrected chi connectivity index (χ2v) is 9.05. The van der Waals surface area contributed by atoms with Crippen LogP contribution in [0.5, 0.6) is 0 Å². The fourth-order valence-corrected chi connectivity index (χ4v) is 4.97. The Balaban J connectivity index is 1.36. The monoisotopic (exact) mass is 368 g/mol. The SMILES string of the molecule is Cc1cccc(C2(C(=O)N3CCC(C(=O)N4CCCC(C)C4)CC3)CC2)c1. The van der Waals surface area contributed by atoms with E-state index >= 15 is 0 Å². The Kier molecular flexibility index (Phi) is 5.00. The molecule has 3 fully saturated rings. The maximum absolute atomic E-state index is 13.2. The van der Waals surface area contributed by atoms with Gasteiger partial charge in [0.25, 0.3) is 0 Å². The third-order valence-electron chi connectivity index (χ3n) is 6.83. The minimum Gasteiger partial charge on any atom is -0.342 e. The van der Waals surface area contributed by atoms with E-state index < -0.39 is 0 Å². The predicted molar refractivity (Wildman–Crippen MR) is 106 cm³/mol. The summed E-state index contributed by atoms with van der Waals surface area (Å²) < 4.78 is 0. The van der Waals surface area contributed by atoms with E-state index in [0.717, 1.165) is 58.3 Å². The molecular formula is C23H32N2O2. The topological polar surface area (TPSA) is 40.6 Å². The summed E-state index contributed by atoms with van der Waals surface area (Å²) >= 11 is 0. The van der Waals surface area contributed by atoms with Gasteiger partial charge in [-0.15, -0.1) is 0 Å². The molecule has 4 heteroatoms. The summed E-state index contributed by atoms with van der Waals surface area (Å²) in [7, 11) is 0. The van der Waals surface area contributed by atoms with Crippen LogP contribution in [-0.2, 0) is 15.0 Å². The van der Waals surface area contributed by atoms with Crippen molar-refractivity contribution in [3.63, 3.8) is 0 Å². The van der Waals surface area contributed by atoms with Gasteiger partial charge in [0.1, 0.15) is 0 Å². The zero-order chi connectivity index (χ0) is 19.0. The van der Waals surface area contributed by atoms with Crippen LogP contribution >= 0.6 is 0 Å². The molecule has 2 saturated heterocycles. The van der Waals surface area contributed by atoms with E-state index in [-0.39, 0.29) is 17.2 Å². The molecule has 2 aliphatic heterocycles. The highest BCUT2D eigenvalue weighted by molar-refractivity contribution is 5.91. The van der Waals surface area contributed by atoms with Crippen LogP contribution in [0.3, 0.4) is 0 Å². The van der Waals surface area contributed by atoms with Crippen molar-refractivity contribution in [1.82, 2.24) is 9.80 Å². The van der Waals surface area contributed by atoms with Crippen LogP contribution in [0.2, 0.25) is 0 Å². The Morgan fingerprint density at radius 2 is 1.78 bits per heavy atom. The van der Waals surface area contributed by atoms with Crippen molar-refractivity contribution >= 4 is 11.8 Å². The highest BCUT2D eigenvalue weighted by Crippen LogP contribution is 2.50. The van der Waals surface area contributed by atoms with Crippen LogP contribution in [-0.4, -0.2) is 47.8 Å². The number of piperidine rings is 2. The number of benzene rings is 1. The Labute approximate surface area is 162 Å². The molecule has 146 valence electrons. The zero-order valence-corrected chi connectivity index (χ0v) is 16.7. The lowest BCUT2D eigenvalue weighted by molar-refractivity contribution is -0.143. The number of hydrogen-bond acceptors (Lipinski definition) is 2. The van der Waals surface area contributed by atoms with E-state index in [0.29, 0.717) is 11.8 Å². The molecule has 27 heavy (non-hydrogen) atoms. The van der Waals surface area contributed by atoms with Gasteiger partial charge in [0.15, 0.2) is 0 Å². The first-order valence-corrected chi connectivity index (χ1v) is 10.6. The summed E-state index contributed by atoms with van der Waals surface area (Å²) in [5.74, 6) is 1.33. The molecule has 1 aromatic carbocycles. The molecule has 0 N–H and O–H groups in total. The number of rotatable bonds is 3. The van der Waals surface area contributed by atoms with Gasteiger partial charge >= 0.3 is 0 Å². The highest BCUT2D eigenvalue weighted by Gasteiger charge is 2.53. The maximum atomic E-state index is 13.2. The van der Waals surface area contributed by atoms with Crippen molar-refractivity contribution in [2.24, 2.45) is 11.8 Å². The van der Waals surface area contributed by atoms with E-state index in [9.17, 15) is 9.59 Å². The van der Waals surface area contributed by atoms with E-state index in [2.05, 4.69) is 43.0 Å². The number of carbonyl (C=O) groups is 2. The van der Waals surface area contributed by atoms with Crippen molar-refractivity contribution in [1.29, 1.82) is 0 Å². The number of amides is 2. The lowest BCUT2D eigenvalue weighted by Crippen LogP contribution is -2.48. The van der Waals surface area contributed by atoms with Crippen LogP contribution in [0, 0.1) is 18.8 Å². The third-order valence-corrected chi connectivity index (χ3v) is 6.83. The van der Waals surface area contributed by atoms with Crippen molar-refractivity contribution < 1.29 is 9.59 Å². The van der Waals surface area contributed by atoms with Crippen molar-refractivity contribution in [2.45, 2.75) is 57.8 Å². The first-order valence-electron chi connectivity index (χ1n) is 10.6. The lowest BCUT2D eigenvalue weighted by Gasteiger charge is -2.38. The summed E-state index contributed by atoms with van der Waals surface area (Å²) in [6.45, 7) is 7.61. The molecule has 1 atom stereocenters. The zero-order valence-electron chi connectivity index (χ0n) is 16.7. The minimum absolute atomic E-state index is 0.105. The average Bonchev–Trinajstić information content (AvgIpc) is 3.49. The lowest BCUT2D eigenvalue weighted by atomic mass is 9.89. The first-order chi connectivity index (χ1) is 13.0. The van der Waals surface area contributed by atoms with Crippen molar-refractivity contribution in [3.8, 4) is 0 Å². The molecule has 1 unspecified atom stereocenters. The van der Waals surface area contributed by atoms with E-state index in [1.54, 1.807) is 0 Å². The maximum Gasteiger partial charge on any atom is 0.233 e. The first kappa shape index (κ1) is 18.5. The van der Waals surface area contributed by atoms with Gasteiger partial charge in [0.05, 0.1) is 5.41 Å². The normalized spacial score (nSPS) is 25.3. The molecule has 0 radical (unpaired) electrons. The van der Waals surface area contributed by atoms with Crippen LogP contribution in [0.4, 0.5) is 0 Å². The van der Waals surface area contributed by atoms with Crippen LogP contribution in [0.1, 0.15) is 56.6 Å². The van der Waals surface area contributed by atoms with Crippen molar-refractivity contribution in [3.05, 3.63) is 35.4 Å². The Bertz CT molecular complexity index is 717. The second-order valence-electron chi connectivity index (χ2n) is 9.05.